The standard InChI is InChI=1S/C14H23NO3S2/c1-3-15(12-7-5-4-6-8-12)20(17,18)14-9-13(10-16)19-11(14)2/h9,12,16H,3-8,10H2,1-2H3. The second-order valence-corrected chi connectivity index (χ2v) is 8.49. The third-order valence-electron chi connectivity index (χ3n) is 3.96. The molecular weight excluding hydrogens is 294 g/mol. The van der Waals surface area contributed by atoms with Gasteiger partial charge < -0.3 is 5.11 Å². The zero-order chi connectivity index (χ0) is 14.8. The van der Waals surface area contributed by atoms with Crippen LogP contribution in [0.4, 0.5) is 0 Å². The molecule has 1 aromatic heterocycles. The summed E-state index contributed by atoms with van der Waals surface area (Å²) in [5.41, 5.74) is 0. The average molecular weight is 317 g/mol. The highest BCUT2D eigenvalue weighted by molar-refractivity contribution is 7.89. The van der Waals surface area contributed by atoms with E-state index in [0.29, 0.717) is 16.3 Å². The topological polar surface area (TPSA) is 57.6 Å². The van der Waals surface area contributed by atoms with Crippen molar-refractivity contribution in [2.75, 3.05) is 6.54 Å². The van der Waals surface area contributed by atoms with E-state index in [-0.39, 0.29) is 12.6 Å². The summed E-state index contributed by atoms with van der Waals surface area (Å²) >= 11 is 1.36. The number of rotatable bonds is 5. The normalized spacial score (nSPS) is 17.8. The second kappa shape index (κ2) is 6.56. The Kier molecular flexibility index (Phi) is 5.23. The minimum Gasteiger partial charge on any atom is -0.391 e. The maximum Gasteiger partial charge on any atom is 0.244 e. The lowest BCUT2D eigenvalue weighted by molar-refractivity contribution is 0.261. The van der Waals surface area contributed by atoms with Gasteiger partial charge in [-0.2, -0.15) is 4.31 Å². The molecule has 0 bridgehead atoms. The van der Waals surface area contributed by atoms with E-state index < -0.39 is 10.0 Å². The Morgan fingerprint density at radius 3 is 2.50 bits per heavy atom. The van der Waals surface area contributed by atoms with E-state index in [1.807, 2.05) is 13.8 Å². The van der Waals surface area contributed by atoms with Gasteiger partial charge in [0, 0.05) is 22.3 Å². The largest absolute Gasteiger partial charge is 0.391 e. The summed E-state index contributed by atoms with van der Waals surface area (Å²) in [6.07, 6.45) is 5.36. The molecular formula is C14H23NO3S2. The van der Waals surface area contributed by atoms with E-state index in [0.717, 1.165) is 30.6 Å². The summed E-state index contributed by atoms with van der Waals surface area (Å²) in [6.45, 7) is 4.12. The Morgan fingerprint density at radius 2 is 2.00 bits per heavy atom. The van der Waals surface area contributed by atoms with E-state index in [1.165, 1.54) is 17.8 Å². The molecule has 0 radical (unpaired) electrons. The van der Waals surface area contributed by atoms with Gasteiger partial charge in [-0.25, -0.2) is 8.42 Å². The van der Waals surface area contributed by atoms with Crippen LogP contribution in [-0.4, -0.2) is 30.4 Å². The Balaban J connectivity index is 2.32. The van der Waals surface area contributed by atoms with Gasteiger partial charge in [-0.1, -0.05) is 26.2 Å². The molecule has 0 amide bonds. The minimum absolute atomic E-state index is 0.101. The summed E-state index contributed by atoms with van der Waals surface area (Å²) < 4.78 is 27.4. The smallest absolute Gasteiger partial charge is 0.244 e. The molecule has 6 heteroatoms. The number of aliphatic hydroxyl groups is 1. The third kappa shape index (κ3) is 3.08. The molecule has 0 unspecified atom stereocenters. The number of sulfonamides is 1. The zero-order valence-electron chi connectivity index (χ0n) is 12.1. The lowest BCUT2D eigenvalue weighted by atomic mass is 9.95. The van der Waals surface area contributed by atoms with Crippen LogP contribution >= 0.6 is 11.3 Å². The lowest BCUT2D eigenvalue weighted by Crippen LogP contribution is -2.41. The van der Waals surface area contributed by atoms with Crippen molar-refractivity contribution in [2.45, 2.75) is 63.5 Å². The van der Waals surface area contributed by atoms with Crippen molar-refractivity contribution in [2.24, 2.45) is 0 Å². The third-order valence-corrected chi connectivity index (χ3v) is 7.28. The van der Waals surface area contributed by atoms with Crippen molar-refractivity contribution in [3.8, 4) is 0 Å². The van der Waals surface area contributed by atoms with Gasteiger partial charge in [0.2, 0.25) is 10.0 Å². The fourth-order valence-corrected chi connectivity index (χ4v) is 6.14. The summed E-state index contributed by atoms with van der Waals surface area (Å²) in [4.78, 5) is 1.85. The fraction of sp³-hybridized carbons (Fsp3) is 0.714. The van der Waals surface area contributed by atoms with E-state index in [9.17, 15) is 13.5 Å². The number of aliphatic hydroxyl groups excluding tert-OH is 1. The van der Waals surface area contributed by atoms with Gasteiger partial charge in [-0.15, -0.1) is 11.3 Å². The summed E-state index contributed by atoms with van der Waals surface area (Å²) in [5.74, 6) is 0. The number of thiophene rings is 1. The number of hydrogen-bond acceptors (Lipinski definition) is 4. The molecule has 0 spiro atoms. The first-order valence-corrected chi connectivity index (χ1v) is 9.48. The molecule has 0 saturated heterocycles. The van der Waals surface area contributed by atoms with Crippen LogP contribution in [-0.2, 0) is 16.6 Å². The minimum atomic E-state index is -3.44. The maximum absolute atomic E-state index is 12.9. The van der Waals surface area contributed by atoms with E-state index in [1.54, 1.807) is 10.4 Å². The van der Waals surface area contributed by atoms with Crippen LogP contribution < -0.4 is 0 Å². The fourth-order valence-electron chi connectivity index (χ4n) is 2.98. The van der Waals surface area contributed by atoms with Crippen LogP contribution in [0.5, 0.6) is 0 Å². The van der Waals surface area contributed by atoms with Gasteiger partial charge in [0.1, 0.15) is 0 Å². The van der Waals surface area contributed by atoms with Crippen molar-refractivity contribution in [1.29, 1.82) is 0 Å². The zero-order valence-corrected chi connectivity index (χ0v) is 13.8. The quantitative estimate of drug-likeness (QED) is 0.908. The average Bonchev–Trinajstić information content (AvgIpc) is 2.82. The molecule has 1 N–H and O–H groups in total. The van der Waals surface area contributed by atoms with Crippen LogP contribution in [0.15, 0.2) is 11.0 Å². The molecule has 0 atom stereocenters. The predicted octanol–water partition coefficient (Wildman–Crippen LogP) is 2.89. The molecule has 20 heavy (non-hydrogen) atoms. The monoisotopic (exact) mass is 317 g/mol. The number of aryl methyl sites for hydroxylation is 1. The molecule has 0 aliphatic heterocycles. The van der Waals surface area contributed by atoms with E-state index in [4.69, 9.17) is 0 Å². The van der Waals surface area contributed by atoms with Gasteiger partial charge in [-0.3, -0.25) is 0 Å². The summed E-state index contributed by atoms with van der Waals surface area (Å²) in [7, 11) is -3.44. The molecule has 2 rings (SSSR count). The van der Waals surface area contributed by atoms with Crippen LogP contribution in [0.1, 0.15) is 48.8 Å². The molecule has 1 aliphatic carbocycles. The highest BCUT2D eigenvalue weighted by Gasteiger charge is 2.32. The number of hydrogen-bond donors (Lipinski definition) is 1. The SMILES string of the molecule is CCN(C1CCCCC1)S(=O)(=O)c1cc(CO)sc1C. The molecule has 1 aliphatic rings. The number of nitrogens with zero attached hydrogens (tertiary/aromatic N) is 1. The van der Waals surface area contributed by atoms with Gasteiger partial charge in [0.05, 0.1) is 11.5 Å². The molecule has 1 heterocycles. The Labute approximate surface area is 125 Å². The van der Waals surface area contributed by atoms with Crippen molar-refractivity contribution >= 4 is 21.4 Å². The Hall–Kier alpha value is -0.430. The van der Waals surface area contributed by atoms with Crippen molar-refractivity contribution in [3.05, 3.63) is 15.8 Å². The first-order chi connectivity index (χ1) is 9.50. The molecule has 0 aromatic carbocycles. The first-order valence-electron chi connectivity index (χ1n) is 7.22. The molecule has 114 valence electrons. The molecule has 4 nitrogen and oxygen atoms in total. The van der Waals surface area contributed by atoms with Crippen molar-refractivity contribution in [3.63, 3.8) is 0 Å². The van der Waals surface area contributed by atoms with E-state index in [2.05, 4.69) is 0 Å². The summed E-state index contributed by atoms with van der Waals surface area (Å²) in [6, 6.07) is 1.76. The highest BCUT2D eigenvalue weighted by atomic mass is 32.2. The van der Waals surface area contributed by atoms with Crippen LogP contribution in [0.2, 0.25) is 0 Å². The molecule has 1 aromatic rings. The Bertz CT molecular complexity index is 545. The molecule has 1 fully saturated rings. The summed E-state index contributed by atoms with van der Waals surface area (Å²) in [5, 5.41) is 9.19. The van der Waals surface area contributed by atoms with Crippen LogP contribution in [0, 0.1) is 6.92 Å². The lowest BCUT2D eigenvalue weighted by Gasteiger charge is -2.32. The Morgan fingerprint density at radius 1 is 1.35 bits per heavy atom. The van der Waals surface area contributed by atoms with Gasteiger partial charge in [0.25, 0.3) is 0 Å². The molecule has 1 saturated carbocycles. The van der Waals surface area contributed by atoms with Gasteiger partial charge >= 0.3 is 0 Å². The second-order valence-electron chi connectivity index (χ2n) is 5.29. The maximum atomic E-state index is 12.9. The van der Waals surface area contributed by atoms with Crippen LogP contribution in [0.3, 0.4) is 0 Å². The van der Waals surface area contributed by atoms with Gasteiger partial charge in [-0.05, 0) is 25.8 Å². The van der Waals surface area contributed by atoms with Crippen molar-refractivity contribution in [1.82, 2.24) is 4.31 Å². The van der Waals surface area contributed by atoms with Crippen molar-refractivity contribution < 1.29 is 13.5 Å². The van der Waals surface area contributed by atoms with Gasteiger partial charge in [0.15, 0.2) is 0 Å². The predicted molar refractivity (Wildman–Crippen MR) is 81.4 cm³/mol. The van der Waals surface area contributed by atoms with Crippen LogP contribution in [0.25, 0.3) is 0 Å². The highest BCUT2D eigenvalue weighted by Crippen LogP contribution is 2.32. The van der Waals surface area contributed by atoms with E-state index >= 15 is 0 Å². The first kappa shape index (κ1) is 15.9.